The molecule has 1 aliphatic heterocycles. The van der Waals surface area contributed by atoms with E-state index in [4.69, 9.17) is 11.6 Å². The zero-order chi connectivity index (χ0) is 13.9. The maximum atomic E-state index is 11.8. The van der Waals surface area contributed by atoms with Crippen LogP contribution in [0.4, 0.5) is 0 Å². The summed E-state index contributed by atoms with van der Waals surface area (Å²) in [5.74, 6) is -0.442. The van der Waals surface area contributed by atoms with E-state index in [9.17, 15) is 13.2 Å². The molecule has 1 unspecified atom stereocenters. The van der Waals surface area contributed by atoms with E-state index < -0.39 is 9.84 Å². The zero-order valence-electron chi connectivity index (χ0n) is 10.4. The summed E-state index contributed by atoms with van der Waals surface area (Å²) in [5.41, 5.74) is 1.05. The molecule has 4 nitrogen and oxygen atoms in total. The number of amides is 1. The van der Waals surface area contributed by atoms with E-state index in [-0.39, 0.29) is 23.3 Å². The molecule has 0 aliphatic carbocycles. The minimum Gasteiger partial charge on any atom is -0.356 e. The molecule has 1 atom stereocenters. The predicted molar refractivity (Wildman–Crippen MR) is 74.9 cm³/mol. The van der Waals surface area contributed by atoms with Crippen molar-refractivity contribution in [3.63, 3.8) is 0 Å². The van der Waals surface area contributed by atoms with Gasteiger partial charge in [0.15, 0.2) is 9.84 Å². The van der Waals surface area contributed by atoms with Gasteiger partial charge in [0.1, 0.15) is 0 Å². The molecule has 1 heterocycles. The minimum absolute atomic E-state index is 0.0179. The van der Waals surface area contributed by atoms with E-state index in [1.54, 1.807) is 6.07 Å². The van der Waals surface area contributed by atoms with Crippen molar-refractivity contribution >= 4 is 27.3 Å². The van der Waals surface area contributed by atoms with Crippen LogP contribution in [0.1, 0.15) is 12.0 Å². The SMILES string of the molecule is O=C(NCCc1cccc(Cl)c1)C1CCS(=O)(=O)C1. The largest absolute Gasteiger partial charge is 0.356 e. The first-order valence-electron chi connectivity index (χ1n) is 6.19. The van der Waals surface area contributed by atoms with Crippen LogP contribution in [0.5, 0.6) is 0 Å². The maximum absolute atomic E-state index is 11.8. The smallest absolute Gasteiger partial charge is 0.224 e. The van der Waals surface area contributed by atoms with Crippen LogP contribution in [0.3, 0.4) is 0 Å². The van der Waals surface area contributed by atoms with Crippen molar-refractivity contribution in [1.29, 1.82) is 0 Å². The second kappa shape index (κ2) is 5.92. The Hall–Kier alpha value is -1.07. The molecule has 6 heteroatoms. The second-order valence-corrected chi connectivity index (χ2v) is 7.44. The third-order valence-corrected chi connectivity index (χ3v) is 5.21. The quantitative estimate of drug-likeness (QED) is 0.915. The third-order valence-electron chi connectivity index (χ3n) is 3.21. The van der Waals surface area contributed by atoms with Crippen molar-refractivity contribution in [1.82, 2.24) is 5.32 Å². The van der Waals surface area contributed by atoms with Gasteiger partial charge in [0, 0.05) is 11.6 Å². The van der Waals surface area contributed by atoms with E-state index in [0.29, 0.717) is 24.4 Å². The highest BCUT2D eigenvalue weighted by atomic mass is 35.5. The fourth-order valence-electron chi connectivity index (χ4n) is 2.17. The highest BCUT2D eigenvalue weighted by molar-refractivity contribution is 7.91. The van der Waals surface area contributed by atoms with Crippen LogP contribution in [-0.4, -0.2) is 32.4 Å². The number of nitrogens with one attached hydrogen (secondary N) is 1. The van der Waals surface area contributed by atoms with Gasteiger partial charge >= 0.3 is 0 Å². The van der Waals surface area contributed by atoms with Crippen molar-refractivity contribution < 1.29 is 13.2 Å². The van der Waals surface area contributed by atoms with Gasteiger partial charge in [-0.3, -0.25) is 4.79 Å². The summed E-state index contributed by atoms with van der Waals surface area (Å²) in [6.07, 6.45) is 1.12. The average Bonchev–Trinajstić information content (AvgIpc) is 2.70. The molecule has 0 aromatic heterocycles. The zero-order valence-corrected chi connectivity index (χ0v) is 12.0. The van der Waals surface area contributed by atoms with Crippen LogP contribution in [0.15, 0.2) is 24.3 Å². The van der Waals surface area contributed by atoms with Crippen LogP contribution >= 0.6 is 11.6 Å². The number of rotatable bonds is 4. The molecule has 1 N–H and O–H groups in total. The molecule has 19 heavy (non-hydrogen) atoms. The standard InChI is InChI=1S/C13H16ClNO3S/c14-12-3-1-2-10(8-12)4-6-15-13(16)11-5-7-19(17,18)9-11/h1-3,8,11H,4-7,9H2,(H,15,16). The summed E-state index contributed by atoms with van der Waals surface area (Å²) in [4.78, 5) is 11.8. The minimum atomic E-state index is -3.00. The van der Waals surface area contributed by atoms with Gasteiger partial charge in [0.05, 0.1) is 17.4 Å². The van der Waals surface area contributed by atoms with Gasteiger partial charge in [0.25, 0.3) is 0 Å². The summed E-state index contributed by atoms with van der Waals surface area (Å²) in [7, 11) is -3.00. The van der Waals surface area contributed by atoms with E-state index in [1.807, 2.05) is 18.2 Å². The van der Waals surface area contributed by atoms with Crippen LogP contribution in [0.25, 0.3) is 0 Å². The van der Waals surface area contributed by atoms with Gasteiger partial charge in [-0.05, 0) is 30.5 Å². The molecule has 0 radical (unpaired) electrons. The highest BCUT2D eigenvalue weighted by Gasteiger charge is 2.32. The molecule has 1 aromatic rings. The van der Waals surface area contributed by atoms with Crippen molar-refractivity contribution in [3.05, 3.63) is 34.9 Å². The van der Waals surface area contributed by atoms with Gasteiger partial charge in [-0.15, -0.1) is 0 Å². The lowest BCUT2D eigenvalue weighted by Crippen LogP contribution is -2.32. The monoisotopic (exact) mass is 301 g/mol. The van der Waals surface area contributed by atoms with Crippen molar-refractivity contribution in [2.75, 3.05) is 18.1 Å². The molecule has 104 valence electrons. The summed E-state index contributed by atoms with van der Waals surface area (Å²) < 4.78 is 22.6. The number of hydrogen-bond acceptors (Lipinski definition) is 3. The van der Waals surface area contributed by atoms with E-state index in [1.165, 1.54) is 0 Å². The molecule has 0 saturated carbocycles. The van der Waals surface area contributed by atoms with Crippen LogP contribution < -0.4 is 5.32 Å². The number of benzene rings is 1. The first-order valence-corrected chi connectivity index (χ1v) is 8.39. The van der Waals surface area contributed by atoms with Gasteiger partial charge in [0.2, 0.25) is 5.91 Å². The normalized spacial score (nSPS) is 21.2. The summed E-state index contributed by atoms with van der Waals surface area (Å²) >= 11 is 5.87. The van der Waals surface area contributed by atoms with Crippen molar-refractivity contribution in [2.45, 2.75) is 12.8 Å². The van der Waals surface area contributed by atoms with E-state index in [0.717, 1.165) is 5.56 Å². The Bertz CT molecular complexity index is 571. The molecule has 1 aromatic carbocycles. The lowest BCUT2D eigenvalue weighted by molar-refractivity contribution is -0.124. The van der Waals surface area contributed by atoms with Crippen molar-refractivity contribution in [2.24, 2.45) is 5.92 Å². The topological polar surface area (TPSA) is 63.2 Å². The molecule has 0 bridgehead atoms. The lowest BCUT2D eigenvalue weighted by Gasteiger charge is -2.09. The number of hydrogen-bond donors (Lipinski definition) is 1. The van der Waals surface area contributed by atoms with Crippen LogP contribution in [0.2, 0.25) is 5.02 Å². The Kier molecular flexibility index (Phi) is 4.47. The van der Waals surface area contributed by atoms with Gasteiger partial charge in [-0.1, -0.05) is 23.7 Å². The Labute approximate surface area is 118 Å². The molecular formula is C13H16ClNO3S. The molecule has 2 rings (SSSR count). The number of halogens is 1. The molecule has 1 amide bonds. The number of carbonyl (C=O) groups excluding carboxylic acids is 1. The Balaban J connectivity index is 1.79. The van der Waals surface area contributed by atoms with Gasteiger partial charge in [-0.2, -0.15) is 0 Å². The average molecular weight is 302 g/mol. The maximum Gasteiger partial charge on any atom is 0.224 e. The molecule has 1 aliphatic rings. The molecule has 1 saturated heterocycles. The van der Waals surface area contributed by atoms with Gasteiger partial charge < -0.3 is 5.32 Å². The highest BCUT2D eigenvalue weighted by Crippen LogP contribution is 2.18. The number of carbonyl (C=O) groups is 1. The predicted octanol–water partition coefficient (Wildman–Crippen LogP) is 1.43. The first kappa shape index (κ1) is 14.3. The van der Waals surface area contributed by atoms with E-state index in [2.05, 4.69) is 5.32 Å². The lowest BCUT2D eigenvalue weighted by atomic mass is 10.1. The summed E-state index contributed by atoms with van der Waals surface area (Å²) in [6, 6.07) is 7.46. The third kappa shape index (κ3) is 4.21. The van der Waals surface area contributed by atoms with Gasteiger partial charge in [-0.25, -0.2) is 8.42 Å². The van der Waals surface area contributed by atoms with Crippen LogP contribution in [-0.2, 0) is 21.1 Å². The molecular weight excluding hydrogens is 286 g/mol. The fourth-order valence-corrected chi connectivity index (χ4v) is 4.12. The molecule has 1 fully saturated rings. The van der Waals surface area contributed by atoms with Crippen molar-refractivity contribution in [3.8, 4) is 0 Å². The van der Waals surface area contributed by atoms with E-state index >= 15 is 0 Å². The number of sulfone groups is 1. The van der Waals surface area contributed by atoms with Crippen LogP contribution in [0, 0.1) is 5.92 Å². The summed E-state index contributed by atoms with van der Waals surface area (Å²) in [6.45, 7) is 0.496. The molecule has 0 spiro atoms. The first-order chi connectivity index (χ1) is 8.96. The Morgan fingerprint density at radius 1 is 1.42 bits per heavy atom. The Morgan fingerprint density at radius 2 is 2.21 bits per heavy atom. The summed E-state index contributed by atoms with van der Waals surface area (Å²) in [5, 5.41) is 3.46. The second-order valence-electron chi connectivity index (χ2n) is 4.77. The fraction of sp³-hybridized carbons (Fsp3) is 0.462. The Morgan fingerprint density at radius 3 is 2.84 bits per heavy atom.